The summed E-state index contributed by atoms with van der Waals surface area (Å²) in [5, 5.41) is 2.98. The van der Waals surface area contributed by atoms with Gasteiger partial charge >= 0.3 is 0 Å². The average molecular weight is 309 g/mol. The molecule has 1 aromatic carbocycles. The van der Waals surface area contributed by atoms with E-state index in [-0.39, 0.29) is 16.4 Å². The largest absolute Gasteiger partial charge is 0.313 e. The van der Waals surface area contributed by atoms with Crippen LogP contribution in [0.25, 0.3) is 0 Å². The van der Waals surface area contributed by atoms with Crippen LogP contribution in [0.4, 0.5) is 8.78 Å². The zero-order valence-electron chi connectivity index (χ0n) is 10.9. The third kappa shape index (κ3) is 5.88. The lowest BCUT2D eigenvalue weighted by atomic mass is 10.2. The first-order valence-corrected chi connectivity index (χ1v) is 8.87. The maximum Gasteiger partial charge on any atom is 0.148 e. The van der Waals surface area contributed by atoms with Crippen LogP contribution in [0.1, 0.15) is 12.5 Å². The highest BCUT2D eigenvalue weighted by molar-refractivity contribution is 8.00. The number of rotatable bonds is 7. The van der Waals surface area contributed by atoms with Crippen LogP contribution >= 0.6 is 11.8 Å². The molecule has 3 nitrogen and oxygen atoms in total. The molecule has 1 N–H and O–H groups in total. The van der Waals surface area contributed by atoms with E-state index < -0.39 is 21.5 Å². The van der Waals surface area contributed by atoms with Crippen molar-refractivity contribution < 1.29 is 17.2 Å². The topological polar surface area (TPSA) is 46.2 Å². The van der Waals surface area contributed by atoms with Crippen LogP contribution < -0.4 is 5.32 Å². The third-order valence-corrected chi connectivity index (χ3v) is 4.63. The predicted octanol–water partition coefficient (Wildman–Crippen LogP) is 2.21. The summed E-state index contributed by atoms with van der Waals surface area (Å²) in [5.74, 6) is -1.26. The fourth-order valence-electron chi connectivity index (χ4n) is 1.42. The number of thioether (sulfide) groups is 1. The van der Waals surface area contributed by atoms with Crippen molar-refractivity contribution in [2.45, 2.75) is 18.4 Å². The SMILES string of the molecule is CCNCc1cc(F)c(SCCS(C)(=O)=O)c(F)c1. The molecule has 0 amide bonds. The molecule has 0 saturated heterocycles. The average Bonchev–Trinajstić information content (AvgIpc) is 2.28. The fourth-order valence-corrected chi connectivity index (χ4v) is 3.56. The zero-order valence-corrected chi connectivity index (χ0v) is 12.5. The second kappa shape index (κ2) is 7.21. The Morgan fingerprint density at radius 1 is 1.26 bits per heavy atom. The van der Waals surface area contributed by atoms with Gasteiger partial charge in [-0.3, -0.25) is 0 Å². The van der Waals surface area contributed by atoms with Crippen molar-refractivity contribution in [3.05, 3.63) is 29.3 Å². The van der Waals surface area contributed by atoms with Gasteiger partial charge < -0.3 is 5.32 Å². The standard InChI is InChI=1S/C12H17F2NO2S2/c1-3-15-8-9-6-10(13)12(11(14)7-9)18-4-5-19(2,16)17/h6-7,15H,3-5,8H2,1-2H3. The van der Waals surface area contributed by atoms with Crippen LogP contribution in [0.15, 0.2) is 17.0 Å². The zero-order chi connectivity index (χ0) is 14.5. The molecule has 0 saturated carbocycles. The molecule has 0 aliphatic heterocycles. The predicted molar refractivity (Wildman–Crippen MR) is 74.2 cm³/mol. The molecule has 0 bridgehead atoms. The van der Waals surface area contributed by atoms with Gasteiger partial charge in [-0.2, -0.15) is 0 Å². The number of halogens is 2. The molecule has 0 fully saturated rings. The first-order chi connectivity index (χ1) is 8.83. The smallest absolute Gasteiger partial charge is 0.148 e. The van der Waals surface area contributed by atoms with Gasteiger partial charge in [0.25, 0.3) is 0 Å². The summed E-state index contributed by atoms with van der Waals surface area (Å²) in [6.45, 7) is 3.02. The molecular formula is C12H17F2NO2S2. The van der Waals surface area contributed by atoms with Gasteiger partial charge in [0.05, 0.1) is 10.6 Å². The number of hydrogen-bond acceptors (Lipinski definition) is 4. The Morgan fingerprint density at radius 3 is 2.32 bits per heavy atom. The van der Waals surface area contributed by atoms with E-state index >= 15 is 0 Å². The maximum absolute atomic E-state index is 13.7. The van der Waals surface area contributed by atoms with E-state index in [1.54, 1.807) is 0 Å². The van der Waals surface area contributed by atoms with Gasteiger partial charge in [-0.1, -0.05) is 6.92 Å². The minimum atomic E-state index is -3.12. The lowest BCUT2D eigenvalue weighted by Gasteiger charge is -2.08. The molecule has 0 aromatic heterocycles. The van der Waals surface area contributed by atoms with Crippen LogP contribution in [0.2, 0.25) is 0 Å². The van der Waals surface area contributed by atoms with Gasteiger partial charge in [-0.15, -0.1) is 11.8 Å². The Kier molecular flexibility index (Phi) is 6.22. The Hall–Kier alpha value is -0.660. The first-order valence-electron chi connectivity index (χ1n) is 5.82. The molecule has 7 heteroatoms. The normalized spacial score (nSPS) is 11.8. The molecule has 1 aromatic rings. The summed E-state index contributed by atoms with van der Waals surface area (Å²) in [6, 6.07) is 2.54. The highest BCUT2D eigenvalue weighted by atomic mass is 32.2. The summed E-state index contributed by atoms with van der Waals surface area (Å²) >= 11 is 0.884. The van der Waals surface area contributed by atoms with Crippen molar-refractivity contribution >= 4 is 21.6 Å². The van der Waals surface area contributed by atoms with Crippen molar-refractivity contribution in [3.63, 3.8) is 0 Å². The van der Waals surface area contributed by atoms with E-state index in [1.807, 2.05) is 6.92 Å². The van der Waals surface area contributed by atoms with Crippen LogP contribution in [-0.4, -0.2) is 32.7 Å². The van der Waals surface area contributed by atoms with Gasteiger partial charge in [-0.25, -0.2) is 17.2 Å². The number of sulfone groups is 1. The molecule has 0 aliphatic rings. The number of hydrogen-bond donors (Lipinski definition) is 1. The van der Waals surface area contributed by atoms with E-state index in [4.69, 9.17) is 0 Å². The van der Waals surface area contributed by atoms with E-state index in [2.05, 4.69) is 5.32 Å². The van der Waals surface area contributed by atoms with Crippen molar-refractivity contribution in [1.82, 2.24) is 5.32 Å². The van der Waals surface area contributed by atoms with Crippen LogP contribution in [0, 0.1) is 11.6 Å². The van der Waals surface area contributed by atoms with E-state index in [0.717, 1.165) is 18.0 Å². The molecule has 1 rings (SSSR count). The maximum atomic E-state index is 13.7. The van der Waals surface area contributed by atoms with Crippen LogP contribution in [0.3, 0.4) is 0 Å². The fraction of sp³-hybridized carbons (Fsp3) is 0.500. The minimum Gasteiger partial charge on any atom is -0.313 e. The highest BCUT2D eigenvalue weighted by Crippen LogP contribution is 2.26. The van der Waals surface area contributed by atoms with Gasteiger partial charge in [0.1, 0.15) is 21.5 Å². The molecule has 0 heterocycles. The molecular weight excluding hydrogens is 292 g/mol. The van der Waals surface area contributed by atoms with Crippen LogP contribution in [0.5, 0.6) is 0 Å². The molecule has 0 radical (unpaired) electrons. The Morgan fingerprint density at radius 2 is 1.84 bits per heavy atom. The van der Waals surface area contributed by atoms with Gasteiger partial charge in [0, 0.05) is 18.6 Å². The third-order valence-electron chi connectivity index (χ3n) is 2.34. The van der Waals surface area contributed by atoms with Gasteiger partial charge in [0.15, 0.2) is 0 Å². The molecule has 0 atom stereocenters. The number of benzene rings is 1. The van der Waals surface area contributed by atoms with Crippen molar-refractivity contribution in [3.8, 4) is 0 Å². The Bertz CT molecular complexity index is 510. The summed E-state index contributed by atoms with van der Waals surface area (Å²) < 4.78 is 49.3. The summed E-state index contributed by atoms with van der Waals surface area (Å²) in [4.78, 5) is -0.121. The molecule has 0 aliphatic carbocycles. The minimum absolute atomic E-state index is 0.101. The Balaban J connectivity index is 2.74. The van der Waals surface area contributed by atoms with Crippen LogP contribution in [-0.2, 0) is 16.4 Å². The lowest BCUT2D eigenvalue weighted by molar-refractivity contribution is 0.535. The molecule has 0 unspecified atom stereocenters. The molecule has 108 valence electrons. The van der Waals surface area contributed by atoms with Crippen molar-refractivity contribution in [2.24, 2.45) is 0 Å². The van der Waals surface area contributed by atoms with Gasteiger partial charge in [0.2, 0.25) is 0 Å². The monoisotopic (exact) mass is 309 g/mol. The van der Waals surface area contributed by atoms with E-state index in [1.165, 1.54) is 12.1 Å². The molecule has 19 heavy (non-hydrogen) atoms. The molecule has 0 spiro atoms. The first kappa shape index (κ1) is 16.4. The summed E-state index contributed by atoms with van der Waals surface area (Å²) in [6.07, 6.45) is 1.10. The second-order valence-electron chi connectivity index (χ2n) is 4.15. The second-order valence-corrected chi connectivity index (χ2v) is 7.51. The summed E-state index contributed by atoms with van der Waals surface area (Å²) in [7, 11) is -3.12. The van der Waals surface area contributed by atoms with Crippen molar-refractivity contribution in [2.75, 3.05) is 24.3 Å². The van der Waals surface area contributed by atoms with E-state index in [0.29, 0.717) is 18.7 Å². The summed E-state index contributed by atoms with van der Waals surface area (Å²) in [5.41, 5.74) is 0.532. The quantitative estimate of drug-likeness (QED) is 0.785. The van der Waals surface area contributed by atoms with E-state index in [9.17, 15) is 17.2 Å². The highest BCUT2D eigenvalue weighted by Gasteiger charge is 2.13. The number of nitrogens with one attached hydrogen (secondary N) is 1. The Labute approximate surface area is 116 Å². The van der Waals surface area contributed by atoms with Gasteiger partial charge in [-0.05, 0) is 24.2 Å². The lowest BCUT2D eigenvalue weighted by Crippen LogP contribution is -2.12. The van der Waals surface area contributed by atoms with Crippen molar-refractivity contribution in [1.29, 1.82) is 0 Å².